The van der Waals surface area contributed by atoms with E-state index in [4.69, 9.17) is 21.3 Å². The molecule has 4 rings (SSSR count). The maximum absolute atomic E-state index is 6.19. The first-order valence-corrected chi connectivity index (χ1v) is 10.0. The average molecular weight is 384 g/mol. The van der Waals surface area contributed by atoms with Gasteiger partial charge >= 0.3 is 0 Å². The molecule has 0 saturated heterocycles. The fraction of sp³-hybridized carbons (Fsp3) is 0.409. The van der Waals surface area contributed by atoms with E-state index >= 15 is 0 Å². The van der Waals surface area contributed by atoms with Crippen LogP contribution in [0, 0.1) is 0 Å². The molecule has 0 aliphatic heterocycles. The van der Waals surface area contributed by atoms with Crippen molar-refractivity contribution >= 4 is 39.1 Å². The Labute approximate surface area is 165 Å². The highest BCUT2D eigenvalue weighted by molar-refractivity contribution is 6.31. The van der Waals surface area contributed by atoms with Crippen LogP contribution in [0.2, 0.25) is 5.02 Å². The van der Waals surface area contributed by atoms with Gasteiger partial charge in [-0.25, -0.2) is 4.98 Å². The van der Waals surface area contributed by atoms with E-state index in [0.29, 0.717) is 5.02 Å². The predicted octanol–water partition coefficient (Wildman–Crippen LogP) is 5.34. The minimum absolute atomic E-state index is 0.705. The van der Waals surface area contributed by atoms with Gasteiger partial charge < -0.3 is 15.0 Å². The molecule has 5 heteroatoms. The molecule has 27 heavy (non-hydrogen) atoms. The Kier molecular flexibility index (Phi) is 5.37. The van der Waals surface area contributed by atoms with E-state index in [1.54, 1.807) is 7.11 Å². The second-order valence-corrected chi connectivity index (χ2v) is 7.81. The summed E-state index contributed by atoms with van der Waals surface area (Å²) in [5.74, 6) is 0.840. The van der Waals surface area contributed by atoms with Crippen molar-refractivity contribution in [2.75, 3.05) is 32.6 Å². The monoisotopic (exact) mass is 383 g/mol. The van der Waals surface area contributed by atoms with Gasteiger partial charge in [0.1, 0.15) is 5.75 Å². The number of halogens is 1. The summed E-state index contributed by atoms with van der Waals surface area (Å²) in [4.78, 5) is 7.27. The number of rotatable bonds is 8. The highest BCUT2D eigenvalue weighted by atomic mass is 35.5. The summed E-state index contributed by atoms with van der Waals surface area (Å²) in [6.45, 7) is 2.11. The van der Waals surface area contributed by atoms with Crippen molar-refractivity contribution < 1.29 is 4.74 Å². The lowest BCUT2D eigenvalue weighted by Crippen LogP contribution is -2.22. The molecule has 2 aromatic carbocycles. The van der Waals surface area contributed by atoms with Gasteiger partial charge in [0.05, 0.1) is 23.8 Å². The third-order valence-corrected chi connectivity index (χ3v) is 5.59. The molecule has 1 N–H and O–H groups in total. The molecule has 0 atom stereocenters. The van der Waals surface area contributed by atoms with Crippen LogP contribution in [0.1, 0.15) is 25.7 Å². The maximum atomic E-state index is 6.19. The number of benzene rings is 2. The van der Waals surface area contributed by atoms with E-state index in [-0.39, 0.29) is 0 Å². The minimum Gasteiger partial charge on any atom is -0.497 e. The zero-order chi connectivity index (χ0) is 18.8. The number of nitrogens with zero attached hydrogens (tertiary/aromatic N) is 2. The number of pyridine rings is 1. The Morgan fingerprint density at radius 3 is 2.74 bits per heavy atom. The number of unbranched alkanes of at least 4 members (excludes halogenated alkanes) is 1. The summed E-state index contributed by atoms with van der Waals surface area (Å²) >= 11 is 6.19. The number of methoxy groups -OCH3 is 1. The Morgan fingerprint density at radius 2 is 1.96 bits per heavy atom. The fourth-order valence-corrected chi connectivity index (χ4v) is 3.78. The molecule has 0 amide bonds. The summed E-state index contributed by atoms with van der Waals surface area (Å²) in [6, 6.07) is 12.7. The quantitative estimate of drug-likeness (QED) is 0.421. The first kappa shape index (κ1) is 18.3. The molecule has 3 aromatic rings. The molecular weight excluding hydrogens is 358 g/mol. The van der Waals surface area contributed by atoms with Gasteiger partial charge in [-0.2, -0.15) is 0 Å². The van der Waals surface area contributed by atoms with Crippen LogP contribution in [0.15, 0.2) is 36.4 Å². The Balaban J connectivity index is 1.57. The van der Waals surface area contributed by atoms with Gasteiger partial charge in [0.2, 0.25) is 0 Å². The van der Waals surface area contributed by atoms with Crippen molar-refractivity contribution in [3.63, 3.8) is 0 Å². The molecule has 1 aliphatic rings. The van der Waals surface area contributed by atoms with Gasteiger partial charge in [-0.1, -0.05) is 11.6 Å². The first-order chi connectivity index (χ1) is 13.2. The molecule has 1 saturated carbocycles. The van der Waals surface area contributed by atoms with Crippen LogP contribution >= 0.6 is 11.6 Å². The minimum atomic E-state index is 0.705. The maximum Gasteiger partial charge on any atom is 0.119 e. The number of hydrogen-bond donors (Lipinski definition) is 1. The van der Waals surface area contributed by atoms with Crippen LogP contribution < -0.4 is 10.1 Å². The number of anilines is 1. The van der Waals surface area contributed by atoms with E-state index in [1.165, 1.54) is 25.8 Å². The summed E-state index contributed by atoms with van der Waals surface area (Å²) < 4.78 is 5.42. The zero-order valence-electron chi connectivity index (χ0n) is 16.0. The van der Waals surface area contributed by atoms with Crippen molar-refractivity contribution in [2.45, 2.75) is 31.7 Å². The lowest BCUT2D eigenvalue weighted by atomic mass is 10.1. The molecule has 1 aromatic heterocycles. The van der Waals surface area contributed by atoms with E-state index < -0.39 is 0 Å². The molecule has 1 heterocycles. The normalized spacial score (nSPS) is 14.2. The lowest BCUT2D eigenvalue weighted by Gasteiger charge is -2.16. The summed E-state index contributed by atoms with van der Waals surface area (Å²) in [5, 5.41) is 6.54. The largest absolute Gasteiger partial charge is 0.497 e. The number of nitrogens with one attached hydrogen (secondary N) is 1. The van der Waals surface area contributed by atoms with Crippen LogP contribution in [-0.2, 0) is 0 Å². The lowest BCUT2D eigenvalue weighted by molar-refractivity contribution is 0.317. The fourth-order valence-electron chi connectivity index (χ4n) is 3.61. The average Bonchev–Trinajstić information content (AvgIpc) is 3.51. The molecule has 0 radical (unpaired) electrons. The highest BCUT2D eigenvalue weighted by Crippen LogP contribution is 2.34. The van der Waals surface area contributed by atoms with Gasteiger partial charge in [-0.15, -0.1) is 0 Å². The van der Waals surface area contributed by atoms with E-state index in [2.05, 4.69) is 23.3 Å². The van der Waals surface area contributed by atoms with E-state index in [1.807, 2.05) is 30.3 Å². The Hall–Kier alpha value is -2.04. The zero-order valence-corrected chi connectivity index (χ0v) is 16.7. The summed E-state index contributed by atoms with van der Waals surface area (Å²) in [7, 11) is 3.93. The second-order valence-electron chi connectivity index (χ2n) is 7.38. The van der Waals surface area contributed by atoms with Gasteiger partial charge in [0.25, 0.3) is 0 Å². The van der Waals surface area contributed by atoms with Gasteiger partial charge in [0.15, 0.2) is 0 Å². The Bertz CT molecular complexity index is 955. The van der Waals surface area contributed by atoms with E-state index in [9.17, 15) is 0 Å². The highest BCUT2D eigenvalue weighted by Gasteiger charge is 2.25. The van der Waals surface area contributed by atoms with Crippen molar-refractivity contribution in [1.82, 2.24) is 9.88 Å². The van der Waals surface area contributed by atoms with Crippen LogP contribution in [0.4, 0.5) is 5.69 Å². The molecule has 0 unspecified atom stereocenters. The number of hydrogen-bond acceptors (Lipinski definition) is 4. The third-order valence-electron chi connectivity index (χ3n) is 5.35. The van der Waals surface area contributed by atoms with Gasteiger partial charge in [0, 0.05) is 28.4 Å². The SMILES string of the molecule is COc1ccc2nc3cc(Cl)ccc3c(NCCCCN(C)C3CC3)c2c1. The van der Waals surface area contributed by atoms with Crippen LogP contribution in [0.3, 0.4) is 0 Å². The number of fused-ring (bicyclic) bond motifs is 2. The molecule has 0 spiro atoms. The molecule has 4 nitrogen and oxygen atoms in total. The van der Waals surface area contributed by atoms with Crippen molar-refractivity contribution in [1.29, 1.82) is 0 Å². The first-order valence-electron chi connectivity index (χ1n) is 9.67. The molecule has 1 aliphatic carbocycles. The van der Waals surface area contributed by atoms with Crippen LogP contribution in [-0.4, -0.2) is 43.2 Å². The summed E-state index contributed by atoms with van der Waals surface area (Å²) in [6.07, 6.45) is 5.08. The van der Waals surface area contributed by atoms with Crippen LogP contribution in [0.5, 0.6) is 5.75 Å². The number of aromatic nitrogens is 1. The molecule has 0 bridgehead atoms. The van der Waals surface area contributed by atoms with Gasteiger partial charge in [-0.3, -0.25) is 0 Å². The van der Waals surface area contributed by atoms with E-state index in [0.717, 1.165) is 52.3 Å². The van der Waals surface area contributed by atoms with Crippen molar-refractivity contribution in [2.24, 2.45) is 0 Å². The molecule has 142 valence electrons. The molecular formula is C22H26ClN3O. The smallest absolute Gasteiger partial charge is 0.119 e. The third kappa shape index (κ3) is 4.12. The Morgan fingerprint density at radius 1 is 1.11 bits per heavy atom. The second kappa shape index (κ2) is 7.91. The standard InChI is InChI=1S/C22H26ClN3O/c1-26(16-6-7-16)12-4-3-11-24-22-18-9-5-15(23)13-21(18)25-20-10-8-17(27-2)14-19(20)22/h5,8-10,13-14,16H,3-4,6-7,11-12H2,1-2H3,(H,24,25). The van der Waals surface area contributed by atoms with Crippen molar-refractivity contribution in [3.8, 4) is 5.75 Å². The van der Waals surface area contributed by atoms with Crippen LogP contribution in [0.25, 0.3) is 21.8 Å². The predicted molar refractivity (Wildman–Crippen MR) is 114 cm³/mol. The number of ether oxygens (including phenoxy) is 1. The molecule has 1 fully saturated rings. The summed E-state index contributed by atoms with van der Waals surface area (Å²) in [5.41, 5.74) is 2.97. The van der Waals surface area contributed by atoms with Gasteiger partial charge in [-0.05, 0) is 75.7 Å². The topological polar surface area (TPSA) is 37.4 Å². The van der Waals surface area contributed by atoms with Crippen molar-refractivity contribution in [3.05, 3.63) is 41.4 Å².